The molecular formula is C36H66CaN4O20. The summed E-state index contributed by atoms with van der Waals surface area (Å²) in [5.41, 5.74) is -3.78. The monoisotopic (exact) mass is 914 g/mol. The van der Waals surface area contributed by atoms with Gasteiger partial charge >= 0.3 is 49.7 Å². The summed E-state index contributed by atoms with van der Waals surface area (Å²) >= 11 is 0. The van der Waals surface area contributed by atoms with Crippen LogP contribution in [0.1, 0.15) is 81.1 Å². The van der Waals surface area contributed by atoms with E-state index in [9.17, 15) is 69.0 Å². The molecule has 61 heavy (non-hydrogen) atoms. The van der Waals surface area contributed by atoms with Gasteiger partial charge < -0.3 is 92.1 Å². The van der Waals surface area contributed by atoms with E-state index < -0.39 is 93.6 Å². The molecule has 0 unspecified atom stereocenters. The van der Waals surface area contributed by atoms with Gasteiger partial charge in [-0.3, -0.25) is 28.8 Å². The summed E-state index contributed by atoms with van der Waals surface area (Å²) in [7, 11) is 0. The molecule has 0 aliphatic carbocycles. The maximum Gasteiger partial charge on any atom is 2.00 e. The van der Waals surface area contributed by atoms with Gasteiger partial charge in [0.2, 0.25) is 23.6 Å². The van der Waals surface area contributed by atoms with Crippen LogP contribution in [-0.2, 0) is 38.4 Å². The maximum absolute atomic E-state index is 11.3. The average Bonchev–Trinajstić information content (AvgIpc) is 3.16. The number of nitrogens with one attached hydrogen (secondary N) is 4. The van der Waals surface area contributed by atoms with E-state index in [1.165, 1.54) is 55.4 Å². The number of hydrogen-bond acceptors (Lipinski definition) is 18. The Bertz CT molecular complexity index is 1160. The molecule has 0 heterocycles. The largest absolute Gasteiger partial charge is 2.00 e. The first-order valence-corrected chi connectivity index (χ1v) is 18.3. The Morgan fingerprint density at radius 1 is 0.410 bits per heavy atom. The summed E-state index contributed by atoms with van der Waals surface area (Å²) in [5.74, 6) is -7.33. The molecule has 0 aromatic heterocycles. The molecular weight excluding hydrogens is 848 g/mol. The normalized spacial score (nSPS) is 13.1. The minimum absolute atomic E-state index is 0. The van der Waals surface area contributed by atoms with E-state index in [4.69, 9.17) is 30.6 Å². The predicted molar refractivity (Wildman–Crippen MR) is 209 cm³/mol. The number of aliphatic hydroxyl groups is 8. The van der Waals surface area contributed by atoms with Crippen LogP contribution < -0.4 is 31.5 Å². The van der Waals surface area contributed by atoms with Gasteiger partial charge in [0.25, 0.3) is 0 Å². The molecule has 0 spiro atoms. The fourth-order valence-corrected chi connectivity index (χ4v) is 3.31. The summed E-state index contributed by atoms with van der Waals surface area (Å²) in [6, 6.07) is 0. The van der Waals surface area contributed by atoms with Crippen LogP contribution in [0.25, 0.3) is 0 Å². The molecule has 0 saturated carbocycles. The van der Waals surface area contributed by atoms with Crippen LogP contribution in [0.5, 0.6) is 0 Å². The zero-order valence-corrected chi connectivity index (χ0v) is 38.3. The molecule has 0 radical (unpaired) electrons. The van der Waals surface area contributed by atoms with Crippen molar-refractivity contribution < 1.29 is 99.6 Å². The molecule has 0 saturated heterocycles. The molecule has 4 atom stereocenters. The molecule has 25 heteroatoms. The van der Waals surface area contributed by atoms with Crippen molar-refractivity contribution in [1.82, 2.24) is 21.3 Å². The minimum atomic E-state index is -1.37. The van der Waals surface area contributed by atoms with Crippen LogP contribution in [0.15, 0.2) is 0 Å². The first kappa shape index (κ1) is 66.8. The second-order valence-corrected chi connectivity index (χ2v) is 15.9. The number of hydrogen-bond donors (Lipinski definition) is 14. The molecule has 0 rings (SSSR count). The average molecular weight is 915 g/mol. The second kappa shape index (κ2) is 33.3. The first-order valence-electron chi connectivity index (χ1n) is 18.3. The van der Waals surface area contributed by atoms with Crippen molar-refractivity contribution in [2.45, 2.75) is 105 Å². The summed E-state index contributed by atoms with van der Waals surface area (Å²) in [6.07, 6.45) is -6.45. The Morgan fingerprint density at radius 3 is 0.705 bits per heavy atom. The fourth-order valence-electron chi connectivity index (χ4n) is 3.31. The van der Waals surface area contributed by atoms with Crippen LogP contribution in [0, 0.1) is 21.7 Å². The topological polar surface area (TPSA) is 433 Å². The van der Waals surface area contributed by atoms with Gasteiger partial charge in [-0.05, 0) is 0 Å². The molecule has 0 aromatic carbocycles. The van der Waals surface area contributed by atoms with Gasteiger partial charge in [0.05, 0.1) is 39.3 Å². The third-order valence-electron chi connectivity index (χ3n) is 8.12. The quantitative estimate of drug-likeness (QED) is 0.0400. The van der Waals surface area contributed by atoms with Crippen molar-refractivity contribution in [3.63, 3.8) is 0 Å². The first-order chi connectivity index (χ1) is 27.2. The summed E-state index contributed by atoms with van der Waals surface area (Å²) in [4.78, 5) is 85.4. The number of amides is 4. The molecule has 0 aromatic rings. The van der Waals surface area contributed by atoms with Gasteiger partial charge in [0, 0.05) is 72.6 Å². The SMILES string of the molecule is CC(C)(CO)[C@H](O)C(=O)NCCC(=O)O.CC(C)(CO)[C@H](O)C(=O)NCCC(=O)O.CC(C)(CO)[C@H](O)C(=O)NCCC(=O)[O-].CC(C)(CO)[C@H](O)C(=O)NCCC(=O)[O-].[Ca+2]. The number of carbonyl (C=O) groups excluding carboxylic acids is 6. The Morgan fingerprint density at radius 2 is 0.574 bits per heavy atom. The van der Waals surface area contributed by atoms with Crippen molar-refractivity contribution >= 4 is 85.2 Å². The van der Waals surface area contributed by atoms with E-state index in [1.807, 2.05) is 0 Å². The van der Waals surface area contributed by atoms with E-state index in [0.717, 1.165) is 0 Å². The van der Waals surface area contributed by atoms with Crippen molar-refractivity contribution in [2.24, 2.45) is 21.7 Å². The second-order valence-electron chi connectivity index (χ2n) is 15.9. The number of carboxylic acid groups (broad SMARTS) is 4. The number of rotatable bonds is 24. The van der Waals surface area contributed by atoms with E-state index >= 15 is 0 Å². The number of carbonyl (C=O) groups is 8. The third-order valence-corrected chi connectivity index (χ3v) is 8.12. The summed E-state index contributed by atoms with van der Waals surface area (Å²) < 4.78 is 0. The number of carboxylic acids is 4. The fraction of sp³-hybridized carbons (Fsp3) is 0.778. The van der Waals surface area contributed by atoms with Crippen molar-refractivity contribution in [2.75, 3.05) is 52.6 Å². The maximum atomic E-state index is 11.3. The Balaban J connectivity index is -0.000000227. The smallest absolute Gasteiger partial charge is 0.550 e. The molecule has 24 nitrogen and oxygen atoms in total. The van der Waals surface area contributed by atoms with E-state index in [-0.39, 0.29) is 116 Å². The Hall–Kier alpha value is -3.30. The van der Waals surface area contributed by atoms with Crippen molar-refractivity contribution in [3.05, 3.63) is 0 Å². The van der Waals surface area contributed by atoms with E-state index in [2.05, 4.69) is 21.3 Å². The Kier molecular flexibility index (Phi) is 36.4. The van der Waals surface area contributed by atoms with Gasteiger partial charge in [-0.15, -0.1) is 0 Å². The third kappa shape index (κ3) is 32.1. The van der Waals surface area contributed by atoms with E-state index in [1.54, 1.807) is 0 Å². The molecule has 0 bridgehead atoms. The molecule has 0 fully saturated rings. The van der Waals surface area contributed by atoms with Gasteiger partial charge in [-0.1, -0.05) is 55.4 Å². The molecule has 0 aliphatic heterocycles. The van der Waals surface area contributed by atoms with Crippen LogP contribution in [0.4, 0.5) is 0 Å². The number of aliphatic hydroxyl groups excluding tert-OH is 8. The van der Waals surface area contributed by atoms with E-state index in [0.29, 0.717) is 0 Å². The predicted octanol–water partition coefficient (Wildman–Crippen LogP) is -7.22. The van der Waals surface area contributed by atoms with Gasteiger partial charge in [0.15, 0.2) is 0 Å². The Labute approximate surface area is 384 Å². The molecule has 352 valence electrons. The summed E-state index contributed by atoms with van der Waals surface area (Å²) in [6.45, 7) is 10.6. The molecule has 4 amide bonds. The van der Waals surface area contributed by atoms with Gasteiger partial charge in [-0.25, -0.2) is 0 Å². The van der Waals surface area contributed by atoms with Crippen LogP contribution in [0.2, 0.25) is 0 Å². The van der Waals surface area contributed by atoms with Crippen LogP contribution in [0.3, 0.4) is 0 Å². The van der Waals surface area contributed by atoms with Crippen molar-refractivity contribution in [3.8, 4) is 0 Å². The van der Waals surface area contributed by atoms with Crippen LogP contribution >= 0.6 is 0 Å². The molecule has 0 aliphatic rings. The summed E-state index contributed by atoms with van der Waals surface area (Å²) in [5, 5.41) is 119. The number of aliphatic carboxylic acids is 4. The van der Waals surface area contributed by atoms with Gasteiger partial charge in [-0.2, -0.15) is 0 Å². The van der Waals surface area contributed by atoms with Gasteiger partial charge in [0.1, 0.15) is 24.4 Å². The van der Waals surface area contributed by atoms with Crippen molar-refractivity contribution in [1.29, 1.82) is 0 Å². The van der Waals surface area contributed by atoms with Crippen LogP contribution in [-0.4, -0.2) is 213 Å². The minimum Gasteiger partial charge on any atom is -0.550 e. The zero-order valence-electron chi connectivity index (χ0n) is 36.1. The standard InChI is InChI=1S/4C9H17NO5.Ca/c4*1-9(2,5-11)7(14)8(15)10-4-3-6(12)13;/h4*7,11,14H,3-5H2,1-2H3,(H,10,15)(H,12,13);/q;;;;+2/p-2/t4*7-;/m1111./s1. The zero-order chi connectivity index (χ0) is 48.2. The molecule has 14 N–H and O–H groups in total.